The van der Waals surface area contributed by atoms with Crippen molar-refractivity contribution in [2.45, 2.75) is 24.3 Å². The Morgan fingerprint density at radius 2 is 2.22 bits per heavy atom. The van der Waals surface area contributed by atoms with Crippen LogP contribution in [0.1, 0.15) is 13.8 Å². The van der Waals surface area contributed by atoms with Crippen molar-refractivity contribution in [3.8, 4) is 5.75 Å². The molecule has 0 aliphatic rings. The first-order valence-corrected chi connectivity index (χ1v) is 6.46. The summed E-state index contributed by atoms with van der Waals surface area (Å²) in [6.07, 6.45) is 0. The fraction of sp³-hybridized carbons (Fsp3) is 0.417. The van der Waals surface area contributed by atoms with E-state index in [0.29, 0.717) is 22.9 Å². The Morgan fingerprint density at radius 3 is 2.78 bits per heavy atom. The summed E-state index contributed by atoms with van der Waals surface area (Å²) in [7, 11) is 0. The Kier molecular flexibility index (Phi) is 4.86. The van der Waals surface area contributed by atoms with Gasteiger partial charge in [0.15, 0.2) is 5.60 Å². The van der Waals surface area contributed by atoms with Crippen LogP contribution in [0.25, 0.3) is 0 Å². The summed E-state index contributed by atoms with van der Waals surface area (Å²) in [5.41, 5.74) is 4.54. The summed E-state index contributed by atoms with van der Waals surface area (Å²) in [6, 6.07) is 5.18. The third-order valence-corrected chi connectivity index (χ3v) is 3.64. The molecule has 0 aliphatic carbocycles. The standard InChI is InChI=1S/C12H17NO4S/c1-3-17-8-4-5-9(13)10(6-8)18-7-12(2,16)11(14)15/h4-6,16H,3,7,13H2,1-2H3,(H,14,15). The van der Waals surface area contributed by atoms with Crippen LogP contribution in [0.2, 0.25) is 0 Å². The number of thioether (sulfide) groups is 1. The molecule has 18 heavy (non-hydrogen) atoms. The molecule has 0 spiro atoms. The van der Waals surface area contributed by atoms with Gasteiger partial charge in [-0.3, -0.25) is 0 Å². The number of benzene rings is 1. The van der Waals surface area contributed by atoms with Crippen molar-refractivity contribution in [1.82, 2.24) is 0 Å². The minimum Gasteiger partial charge on any atom is -0.494 e. The molecule has 0 heterocycles. The highest BCUT2D eigenvalue weighted by atomic mass is 32.2. The summed E-state index contributed by atoms with van der Waals surface area (Å²) >= 11 is 1.19. The van der Waals surface area contributed by atoms with Gasteiger partial charge in [-0.25, -0.2) is 4.79 Å². The molecule has 1 unspecified atom stereocenters. The second kappa shape index (κ2) is 5.97. The molecule has 0 amide bonds. The van der Waals surface area contributed by atoms with Crippen molar-refractivity contribution in [1.29, 1.82) is 0 Å². The van der Waals surface area contributed by atoms with E-state index in [9.17, 15) is 9.90 Å². The van der Waals surface area contributed by atoms with Gasteiger partial charge in [-0.1, -0.05) is 0 Å². The minimum absolute atomic E-state index is 0.0160. The number of carbonyl (C=O) groups is 1. The summed E-state index contributed by atoms with van der Waals surface area (Å²) in [4.78, 5) is 11.5. The third kappa shape index (κ3) is 3.82. The number of anilines is 1. The van der Waals surface area contributed by atoms with Crippen molar-refractivity contribution in [2.75, 3.05) is 18.1 Å². The molecule has 1 atom stereocenters. The van der Waals surface area contributed by atoms with E-state index < -0.39 is 11.6 Å². The fourth-order valence-electron chi connectivity index (χ4n) is 1.18. The predicted octanol–water partition coefficient (Wildman–Crippen LogP) is 1.60. The van der Waals surface area contributed by atoms with E-state index in [1.54, 1.807) is 18.2 Å². The van der Waals surface area contributed by atoms with E-state index in [1.165, 1.54) is 18.7 Å². The Bertz CT molecular complexity index is 434. The molecule has 1 rings (SSSR count). The van der Waals surface area contributed by atoms with Crippen molar-refractivity contribution in [2.24, 2.45) is 0 Å². The van der Waals surface area contributed by atoms with Crippen LogP contribution >= 0.6 is 11.8 Å². The van der Waals surface area contributed by atoms with Gasteiger partial charge in [0.05, 0.1) is 6.61 Å². The Hall–Kier alpha value is -1.40. The average molecular weight is 271 g/mol. The molecular formula is C12H17NO4S. The van der Waals surface area contributed by atoms with Gasteiger partial charge in [0.25, 0.3) is 0 Å². The Morgan fingerprint density at radius 1 is 1.56 bits per heavy atom. The van der Waals surface area contributed by atoms with E-state index in [0.717, 1.165) is 0 Å². The quantitative estimate of drug-likeness (QED) is 0.537. The van der Waals surface area contributed by atoms with E-state index in [-0.39, 0.29) is 5.75 Å². The van der Waals surface area contributed by atoms with Crippen LogP contribution < -0.4 is 10.5 Å². The summed E-state index contributed by atoms with van der Waals surface area (Å²) in [5, 5.41) is 18.4. The number of ether oxygens (including phenoxy) is 1. The van der Waals surface area contributed by atoms with Crippen LogP contribution in [0.15, 0.2) is 23.1 Å². The molecule has 5 nitrogen and oxygen atoms in total. The zero-order valence-electron chi connectivity index (χ0n) is 10.3. The van der Waals surface area contributed by atoms with Crippen molar-refractivity contribution >= 4 is 23.4 Å². The Labute approximate surface area is 110 Å². The van der Waals surface area contributed by atoms with Crippen LogP contribution in [-0.2, 0) is 4.79 Å². The maximum atomic E-state index is 10.8. The molecule has 0 saturated carbocycles. The molecule has 1 aromatic rings. The molecular weight excluding hydrogens is 254 g/mol. The van der Waals surface area contributed by atoms with Gasteiger partial charge in [0.1, 0.15) is 5.75 Å². The van der Waals surface area contributed by atoms with Crippen molar-refractivity contribution in [3.05, 3.63) is 18.2 Å². The van der Waals surface area contributed by atoms with Gasteiger partial charge in [-0.05, 0) is 32.0 Å². The largest absolute Gasteiger partial charge is 0.494 e. The number of rotatable bonds is 6. The number of aliphatic carboxylic acids is 1. The normalized spacial score (nSPS) is 13.9. The van der Waals surface area contributed by atoms with Crippen LogP contribution in [0.4, 0.5) is 5.69 Å². The minimum atomic E-state index is -1.78. The first-order valence-electron chi connectivity index (χ1n) is 5.47. The Balaban J connectivity index is 2.78. The number of nitrogens with two attached hydrogens (primary N) is 1. The fourth-order valence-corrected chi connectivity index (χ4v) is 2.17. The lowest BCUT2D eigenvalue weighted by molar-refractivity contribution is -0.154. The number of aliphatic hydroxyl groups is 1. The van der Waals surface area contributed by atoms with Crippen LogP contribution in [-0.4, -0.2) is 34.1 Å². The van der Waals surface area contributed by atoms with E-state index >= 15 is 0 Å². The van der Waals surface area contributed by atoms with Gasteiger partial charge in [-0.15, -0.1) is 11.8 Å². The predicted molar refractivity (Wildman–Crippen MR) is 71.0 cm³/mol. The lowest BCUT2D eigenvalue weighted by atomic mass is 10.1. The van der Waals surface area contributed by atoms with Crippen LogP contribution in [0.3, 0.4) is 0 Å². The molecule has 0 bridgehead atoms. The number of hydrogen-bond donors (Lipinski definition) is 3. The zero-order valence-corrected chi connectivity index (χ0v) is 11.2. The highest BCUT2D eigenvalue weighted by Gasteiger charge is 2.30. The molecule has 100 valence electrons. The van der Waals surface area contributed by atoms with E-state index in [1.807, 2.05) is 6.92 Å². The van der Waals surface area contributed by atoms with Gasteiger partial charge in [-0.2, -0.15) is 0 Å². The highest BCUT2D eigenvalue weighted by Crippen LogP contribution is 2.31. The van der Waals surface area contributed by atoms with Gasteiger partial charge >= 0.3 is 5.97 Å². The summed E-state index contributed by atoms with van der Waals surface area (Å²) < 4.78 is 5.33. The first-order chi connectivity index (χ1) is 8.36. The first kappa shape index (κ1) is 14.7. The lowest BCUT2D eigenvalue weighted by Gasteiger charge is -2.18. The number of nitrogen functional groups attached to an aromatic ring is 1. The maximum Gasteiger partial charge on any atom is 0.336 e. The monoisotopic (exact) mass is 271 g/mol. The zero-order chi connectivity index (χ0) is 13.8. The van der Waals surface area contributed by atoms with Gasteiger partial charge in [0, 0.05) is 16.3 Å². The second-order valence-electron chi connectivity index (χ2n) is 4.00. The lowest BCUT2D eigenvalue weighted by Crippen LogP contribution is -2.37. The highest BCUT2D eigenvalue weighted by molar-refractivity contribution is 7.99. The molecule has 0 radical (unpaired) electrons. The SMILES string of the molecule is CCOc1ccc(N)c(SCC(C)(O)C(=O)O)c1. The molecule has 6 heteroatoms. The number of hydrogen-bond acceptors (Lipinski definition) is 5. The van der Waals surface area contributed by atoms with Gasteiger partial charge < -0.3 is 20.7 Å². The molecule has 0 aliphatic heterocycles. The molecule has 1 aromatic carbocycles. The van der Waals surface area contributed by atoms with Crippen molar-refractivity contribution < 1.29 is 19.7 Å². The van der Waals surface area contributed by atoms with E-state index in [4.69, 9.17) is 15.6 Å². The van der Waals surface area contributed by atoms with Crippen LogP contribution in [0.5, 0.6) is 5.75 Å². The average Bonchev–Trinajstić information content (AvgIpc) is 2.30. The van der Waals surface area contributed by atoms with Crippen LogP contribution in [0, 0.1) is 0 Å². The number of carboxylic acid groups (broad SMARTS) is 1. The maximum absolute atomic E-state index is 10.8. The third-order valence-electron chi connectivity index (χ3n) is 2.27. The second-order valence-corrected chi connectivity index (χ2v) is 5.02. The molecule has 0 fully saturated rings. The molecule has 0 saturated heterocycles. The topological polar surface area (TPSA) is 92.8 Å². The smallest absolute Gasteiger partial charge is 0.336 e. The summed E-state index contributed by atoms with van der Waals surface area (Å²) in [5.74, 6) is -0.569. The molecule has 4 N–H and O–H groups in total. The summed E-state index contributed by atoms with van der Waals surface area (Å²) in [6.45, 7) is 3.67. The van der Waals surface area contributed by atoms with Gasteiger partial charge in [0.2, 0.25) is 0 Å². The van der Waals surface area contributed by atoms with E-state index in [2.05, 4.69) is 0 Å². The van der Waals surface area contributed by atoms with Crippen molar-refractivity contribution in [3.63, 3.8) is 0 Å². The molecule has 0 aromatic heterocycles. The number of carboxylic acids is 1.